The first-order chi connectivity index (χ1) is 10.2. The topological polar surface area (TPSA) is 41.6 Å². The van der Waals surface area contributed by atoms with Crippen molar-refractivity contribution in [3.8, 4) is 0 Å². The smallest absolute Gasteiger partial charge is 0.409 e. The average molecular weight is 314 g/mol. The summed E-state index contributed by atoms with van der Waals surface area (Å²) in [7, 11) is 0. The minimum atomic E-state index is -0.145. The van der Waals surface area contributed by atoms with Gasteiger partial charge in [-0.1, -0.05) is 13.3 Å². The standard InChI is InChI=1S/C16H30N2O2S/c1-3-20-16(19)18-10-8-13(9-11-18)17-14-6-5-7-15(12-14)21-4-2/h13-15,17H,3-12H2,1-2H3/t14-,15+/m1/s1. The third kappa shape index (κ3) is 5.37. The van der Waals surface area contributed by atoms with E-state index in [2.05, 4.69) is 24.0 Å². The van der Waals surface area contributed by atoms with Gasteiger partial charge in [-0.05, 0) is 44.8 Å². The van der Waals surface area contributed by atoms with Gasteiger partial charge in [0.05, 0.1) is 6.61 Å². The van der Waals surface area contributed by atoms with Crippen LogP contribution in [0.2, 0.25) is 0 Å². The Balaban J connectivity index is 1.69. The van der Waals surface area contributed by atoms with Crippen molar-refractivity contribution in [2.75, 3.05) is 25.4 Å². The van der Waals surface area contributed by atoms with Gasteiger partial charge in [0, 0.05) is 30.4 Å². The number of carbonyl (C=O) groups excluding carboxylic acids is 1. The van der Waals surface area contributed by atoms with E-state index in [1.165, 1.54) is 31.4 Å². The molecule has 4 nitrogen and oxygen atoms in total. The molecule has 2 fully saturated rings. The largest absolute Gasteiger partial charge is 0.450 e. The molecular formula is C16H30N2O2S. The van der Waals surface area contributed by atoms with E-state index in [1.807, 2.05) is 11.8 Å². The fourth-order valence-electron chi connectivity index (χ4n) is 3.46. The fourth-order valence-corrected chi connectivity index (χ4v) is 4.63. The number of carbonyl (C=O) groups is 1. The molecule has 1 aliphatic carbocycles. The molecule has 0 aromatic rings. The predicted octanol–water partition coefficient (Wildman–Crippen LogP) is 3.26. The molecule has 0 aromatic carbocycles. The van der Waals surface area contributed by atoms with E-state index in [0.29, 0.717) is 18.7 Å². The lowest BCUT2D eigenvalue weighted by Crippen LogP contribution is -2.49. The summed E-state index contributed by atoms with van der Waals surface area (Å²) in [6, 6.07) is 1.26. The third-order valence-electron chi connectivity index (χ3n) is 4.52. The number of rotatable bonds is 5. The summed E-state index contributed by atoms with van der Waals surface area (Å²) >= 11 is 2.12. The van der Waals surface area contributed by atoms with Gasteiger partial charge >= 0.3 is 6.09 Å². The summed E-state index contributed by atoms with van der Waals surface area (Å²) in [6.45, 7) is 6.25. The molecule has 1 heterocycles. The maximum Gasteiger partial charge on any atom is 0.409 e. The van der Waals surface area contributed by atoms with Crippen molar-refractivity contribution in [2.45, 2.75) is 69.7 Å². The maximum absolute atomic E-state index is 11.7. The van der Waals surface area contributed by atoms with Gasteiger partial charge in [0.1, 0.15) is 0 Å². The fraction of sp³-hybridized carbons (Fsp3) is 0.938. The highest BCUT2D eigenvalue weighted by Gasteiger charge is 2.27. The van der Waals surface area contributed by atoms with Crippen LogP contribution in [0.15, 0.2) is 0 Å². The van der Waals surface area contributed by atoms with Gasteiger partial charge < -0.3 is 15.0 Å². The summed E-state index contributed by atoms with van der Waals surface area (Å²) in [5.41, 5.74) is 0. The number of nitrogens with zero attached hydrogens (tertiary/aromatic N) is 1. The molecule has 0 aromatic heterocycles. The Morgan fingerprint density at radius 1 is 1.19 bits per heavy atom. The summed E-state index contributed by atoms with van der Waals surface area (Å²) in [4.78, 5) is 13.5. The van der Waals surface area contributed by atoms with Crippen LogP contribution in [0.4, 0.5) is 4.79 Å². The monoisotopic (exact) mass is 314 g/mol. The van der Waals surface area contributed by atoms with Gasteiger partial charge in [-0.15, -0.1) is 0 Å². The van der Waals surface area contributed by atoms with E-state index in [-0.39, 0.29) is 6.09 Å². The van der Waals surface area contributed by atoms with E-state index in [4.69, 9.17) is 4.74 Å². The Labute approximate surface area is 133 Å². The van der Waals surface area contributed by atoms with Crippen LogP contribution < -0.4 is 5.32 Å². The second-order valence-corrected chi connectivity index (χ2v) is 7.65. The quantitative estimate of drug-likeness (QED) is 0.846. The Kier molecular flexibility index (Phi) is 7.17. The highest BCUT2D eigenvalue weighted by atomic mass is 32.2. The van der Waals surface area contributed by atoms with Crippen LogP contribution >= 0.6 is 11.8 Å². The number of hydrogen-bond donors (Lipinski definition) is 1. The molecule has 0 radical (unpaired) electrons. The summed E-state index contributed by atoms with van der Waals surface area (Å²) < 4.78 is 5.07. The van der Waals surface area contributed by atoms with Crippen molar-refractivity contribution < 1.29 is 9.53 Å². The molecule has 0 spiro atoms. The second-order valence-electron chi connectivity index (χ2n) is 6.07. The van der Waals surface area contributed by atoms with Gasteiger partial charge in [0.25, 0.3) is 0 Å². The molecule has 2 rings (SSSR count). The van der Waals surface area contributed by atoms with Crippen molar-refractivity contribution in [3.63, 3.8) is 0 Å². The van der Waals surface area contributed by atoms with Crippen molar-refractivity contribution in [3.05, 3.63) is 0 Å². The molecule has 2 atom stereocenters. The highest BCUT2D eigenvalue weighted by molar-refractivity contribution is 7.99. The number of hydrogen-bond acceptors (Lipinski definition) is 4. The Bertz CT molecular complexity index is 317. The van der Waals surface area contributed by atoms with Crippen molar-refractivity contribution in [1.82, 2.24) is 10.2 Å². The Hall–Kier alpha value is -0.420. The number of amides is 1. The maximum atomic E-state index is 11.7. The molecule has 1 amide bonds. The molecular weight excluding hydrogens is 284 g/mol. The Morgan fingerprint density at radius 3 is 2.62 bits per heavy atom. The van der Waals surface area contributed by atoms with Gasteiger partial charge in [-0.2, -0.15) is 11.8 Å². The zero-order chi connectivity index (χ0) is 15.1. The van der Waals surface area contributed by atoms with Gasteiger partial charge in [-0.25, -0.2) is 4.79 Å². The van der Waals surface area contributed by atoms with Crippen LogP contribution in [0.3, 0.4) is 0 Å². The number of thioether (sulfide) groups is 1. The predicted molar refractivity (Wildman–Crippen MR) is 88.9 cm³/mol. The lowest BCUT2D eigenvalue weighted by molar-refractivity contribution is 0.0937. The average Bonchev–Trinajstić information content (AvgIpc) is 2.49. The lowest BCUT2D eigenvalue weighted by Gasteiger charge is -2.36. The lowest BCUT2D eigenvalue weighted by atomic mass is 9.93. The zero-order valence-corrected chi connectivity index (χ0v) is 14.3. The normalized spacial score (nSPS) is 27.6. The molecule has 1 saturated carbocycles. The minimum Gasteiger partial charge on any atom is -0.450 e. The van der Waals surface area contributed by atoms with E-state index in [9.17, 15) is 4.79 Å². The van der Waals surface area contributed by atoms with Crippen LogP contribution in [0.5, 0.6) is 0 Å². The summed E-state index contributed by atoms with van der Waals surface area (Å²) in [6.07, 6.45) is 7.35. The number of likely N-dealkylation sites (tertiary alicyclic amines) is 1. The van der Waals surface area contributed by atoms with Crippen LogP contribution in [0.25, 0.3) is 0 Å². The molecule has 1 aliphatic heterocycles. The molecule has 0 unspecified atom stereocenters. The molecule has 0 bridgehead atoms. The SMILES string of the molecule is CCOC(=O)N1CCC(N[C@@H]2CCC[C@H](SCC)C2)CC1. The van der Waals surface area contributed by atoms with Crippen molar-refractivity contribution in [1.29, 1.82) is 0 Å². The van der Waals surface area contributed by atoms with E-state index in [1.54, 1.807) is 0 Å². The number of ether oxygens (including phenoxy) is 1. The van der Waals surface area contributed by atoms with Crippen molar-refractivity contribution in [2.24, 2.45) is 0 Å². The van der Waals surface area contributed by atoms with Gasteiger partial charge in [-0.3, -0.25) is 0 Å². The summed E-state index contributed by atoms with van der Waals surface area (Å²) in [5, 5.41) is 4.69. The van der Waals surface area contributed by atoms with Crippen LogP contribution in [0.1, 0.15) is 52.4 Å². The van der Waals surface area contributed by atoms with E-state index in [0.717, 1.165) is 31.2 Å². The molecule has 122 valence electrons. The van der Waals surface area contributed by atoms with Crippen molar-refractivity contribution >= 4 is 17.9 Å². The summed E-state index contributed by atoms with van der Waals surface area (Å²) in [5.74, 6) is 1.23. The van der Waals surface area contributed by atoms with E-state index >= 15 is 0 Å². The molecule has 1 N–H and O–H groups in total. The van der Waals surface area contributed by atoms with Gasteiger partial charge in [0.15, 0.2) is 0 Å². The van der Waals surface area contributed by atoms with Crippen LogP contribution in [0, 0.1) is 0 Å². The molecule has 21 heavy (non-hydrogen) atoms. The second kappa shape index (κ2) is 8.89. The highest BCUT2D eigenvalue weighted by Crippen LogP contribution is 2.29. The number of nitrogens with one attached hydrogen (secondary N) is 1. The van der Waals surface area contributed by atoms with Crippen LogP contribution in [-0.4, -0.2) is 53.8 Å². The molecule has 1 saturated heterocycles. The van der Waals surface area contributed by atoms with E-state index < -0.39 is 0 Å². The third-order valence-corrected chi connectivity index (χ3v) is 5.75. The number of piperidine rings is 1. The van der Waals surface area contributed by atoms with Gasteiger partial charge in [0.2, 0.25) is 0 Å². The Morgan fingerprint density at radius 2 is 1.95 bits per heavy atom. The first-order valence-electron chi connectivity index (χ1n) is 8.52. The molecule has 5 heteroatoms. The minimum absolute atomic E-state index is 0.145. The first kappa shape index (κ1) is 16.9. The molecule has 2 aliphatic rings. The zero-order valence-electron chi connectivity index (χ0n) is 13.5. The van der Waals surface area contributed by atoms with Crippen LogP contribution in [-0.2, 0) is 4.74 Å². The first-order valence-corrected chi connectivity index (χ1v) is 9.57.